The predicted molar refractivity (Wildman–Crippen MR) is 69.7 cm³/mol. The fourth-order valence-corrected chi connectivity index (χ4v) is 1.91. The van der Waals surface area contributed by atoms with Gasteiger partial charge in [0.15, 0.2) is 0 Å². The topological polar surface area (TPSA) is 36.1 Å². The molecule has 1 N–H and O–H groups in total. The lowest BCUT2D eigenvalue weighted by molar-refractivity contribution is 0.370. The van der Waals surface area contributed by atoms with E-state index in [1.807, 2.05) is 36.2 Å². The lowest BCUT2D eigenvalue weighted by atomic mass is 10.1. The lowest BCUT2D eigenvalue weighted by Gasteiger charge is -2.14. The minimum atomic E-state index is -0.0761. The molecule has 3 nitrogen and oxygen atoms in total. The van der Waals surface area contributed by atoms with E-state index >= 15 is 0 Å². The number of para-hydroxylation sites is 1. The fraction of sp³-hybridized carbons (Fsp3) is 0.214. The molecule has 0 radical (unpaired) electrons. The van der Waals surface area contributed by atoms with E-state index in [1.54, 1.807) is 6.07 Å². The van der Waals surface area contributed by atoms with E-state index in [4.69, 9.17) is 6.42 Å². The molecular formula is C14H14N2O. The number of H-pyrrole nitrogens is 1. The number of aromatic nitrogens is 1. The molecule has 17 heavy (non-hydrogen) atoms. The number of nitrogens with zero attached hydrogens (tertiary/aromatic N) is 1. The van der Waals surface area contributed by atoms with E-state index in [-0.39, 0.29) is 5.56 Å². The van der Waals surface area contributed by atoms with E-state index in [0.717, 1.165) is 16.5 Å². The molecule has 1 aromatic carbocycles. The summed E-state index contributed by atoms with van der Waals surface area (Å²) in [6.07, 6.45) is 5.27. The molecule has 0 amide bonds. The van der Waals surface area contributed by atoms with Gasteiger partial charge in [-0.05, 0) is 18.7 Å². The fourth-order valence-electron chi connectivity index (χ4n) is 1.91. The van der Waals surface area contributed by atoms with Crippen LogP contribution < -0.4 is 5.56 Å². The largest absolute Gasteiger partial charge is 0.322 e. The Bertz CT molecular complexity index is 622. The van der Waals surface area contributed by atoms with Crippen molar-refractivity contribution in [2.75, 3.05) is 13.6 Å². The predicted octanol–water partition coefficient (Wildman–Crippen LogP) is 1.59. The molecule has 0 aliphatic heterocycles. The molecule has 0 unspecified atom stereocenters. The zero-order chi connectivity index (χ0) is 12.3. The van der Waals surface area contributed by atoms with Crippen molar-refractivity contribution in [3.8, 4) is 12.3 Å². The maximum Gasteiger partial charge on any atom is 0.248 e. The van der Waals surface area contributed by atoms with Crippen LogP contribution in [0, 0.1) is 12.3 Å². The van der Waals surface area contributed by atoms with Gasteiger partial charge in [-0.25, -0.2) is 0 Å². The highest BCUT2D eigenvalue weighted by atomic mass is 16.1. The molecule has 2 rings (SSSR count). The van der Waals surface area contributed by atoms with Gasteiger partial charge >= 0.3 is 0 Å². The Hall–Kier alpha value is -2.05. The van der Waals surface area contributed by atoms with E-state index < -0.39 is 0 Å². The Morgan fingerprint density at radius 2 is 2.18 bits per heavy atom. The van der Waals surface area contributed by atoms with Crippen molar-refractivity contribution in [2.45, 2.75) is 6.54 Å². The molecule has 1 heterocycles. The Balaban J connectivity index is 2.46. The number of aromatic amines is 1. The number of hydrogen-bond acceptors (Lipinski definition) is 2. The molecule has 86 valence electrons. The van der Waals surface area contributed by atoms with Gasteiger partial charge in [-0.15, -0.1) is 6.42 Å². The Morgan fingerprint density at radius 3 is 2.94 bits per heavy atom. The summed E-state index contributed by atoms with van der Waals surface area (Å²) in [7, 11) is 1.94. The number of rotatable bonds is 3. The van der Waals surface area contributed by atoms with Gasteiger partial charge in [0.25, 0.3) is 0 Å². The first-order valence-electron chi connectivity index (χ1n) is 5.43. The molecule has 0 spiro atoms. The normalized spacial score (nSPS) is 10.6. The quantitative estimate of drug-likeness (QED) is 0.807. The van der Waals surface area contributed by atoms with Crippen LogP contribution in [0.1, 0.15) is 5.56 Å². The standard InChI is InChI=1S/C14H14N2O/c1-3-8-16(2)10-11-9-14(17)15-13-7-5-4-6-12(11)13/h1,4-7,9H,8,10H2,2H3,(H,15,17). The maximum atomic E-state index is 11.5. The van der Waals surface area contributed by atoms with Crippen molar-refractivity contribution in [1.29, 1.82) is 0 Å². The molecule has 0 atom stereocenters. The van der Waals surface area contributed by atoms with Crippen LogP contribution in [-0.4, -0.2) is 23.5 Å². The van der Waals surface area contributed by atoms with Gasteiger partial charge in [0.1, 0.15) is 0 Å². The zero-order valence-corrected chi connectivity index (χ0v) is 9.73. The number of hydrogen-bond donors (Lipinski definition) is 1. The zero-order valence-electron chi connectivity index (χ0n) is 9.73. The van der Waals surface area contributed by atoms with Crippen LogP contribution in [0.5, 0.6) is 0 Å². The Kier molecular flexibility index (Phi) is 3.27. The summed E-state index contributed by atoms with van der Waals surface area (Å²) in [4.78, 5) is 16.4. The minimum absolute atomic E-state index is 0.0761. The van der Waals surface area contributed by atoms with E-state index in [2.05, 4.69) is 10.9 Å². The SMILES string of the molecule is C#CCN(C)Cc1cc(=O)[nH]c2ccccc12. The molecular weight excluding hydrogens is 212 g/mol. The first kappa shape index (κ1) is 11.4. The van der Waals surface area contributed by atoms with Gasteiger partial charge in [0, 0.05) is 23.5 Å². The number of terminal acetylenes is 1. The van der Waals surface area contributed by atoms with Gasteiger partial charge < -0.3 is 4.98 Å². The molecule has 2 aromatic rings. The van der Waals surface area contributed by atoms with Crippen LogP contribution in [0.4, 0.5) is 0 Å². The van der Waals surface area contributed by atoms with Crippen molar-refractivity contribution < 1.29 is 0 Å². The van der Waals surface area contributed by atoms with E-state index in [1.165, 1.54) is 0 Å². The molecule has 3 heteroatoms. The summed E-state index contributed by atoms with van der Waals surface area (Å²) < 4.78 is 0. The second kappa shape index (κ2) is 4.86. The molecule has 0 fully saturated rings. The molecule has 0 saturated heterocycles. The van der Waals surface area contributed by atoms with Crippen LogP contribution in [0.25, 0.3) is 10.9 Å². The summed E-state index contributed by atoms with van der Waals surface area (Å²) in [5.41, 5.74) is 1.79. The number of fused-ring (bicyclic) bond motifs is 1. The van der Waals surface area contributed by atoms with Gasteiger partial charge in [0.05, 0.1) is 6.54 Å². The summed E-state index contributed by atoms with van der Waals surface area (Å²) >= 11 is 0. The van der Waals surface area contributed by atoms with Gasteiger partial charge in [-0.3, -0.25) is 9.69 Å². The first-order chi connectivity index (χ1) is 8.20. The molecule has 0 aliphatic carbocycles. The van der Waals surface area contributed by atoms with Crippen molar-refractivity contribution in [2.24, 2.45) is 0 Å². The summed E-state index contributed by atoms with van der Waals surface area (Å²) in [6.45, 7) is 1.25. The summed E-state index contributed by atoms with van der Waals surface area (Å²) in [5.74, 6) is 2.59. The lowest BCUT2D eigenvalue weighted by Crippen LogP contribution is -2.19. The van der Waals surface area contributed by atoms with Crippen LogP contribution in [0.15, 0.2) is 35.1 Å². The van der Waals surface area contributed by atoms with Crippen LogP contribution >= 0.6 is 0 Å². The minimum Gasteiger partial charge on any atom is -0.322 e. The molecule has 0 aliphatic rings. The highest BCUT2D eigenvalue weighted by Gasteiger charge is 2.05. The average molecular weight is 226 g/mol. The highest BCUT2D eigenvalue weighted by Crippen LogP contribution is 2.15. The van der Waals surface area contributed by atoms with Gasteiger partial charge in [-0.1, -0.05) is 24.1 Å². The number of nitrogens with one attached hydrogen (secondary N) is 1. The Labute approximate surface area is 100 Å². The third-order valence-electron chi connectivity index (χ3n) is 2.64. The van der Waals surface area contributed by atoms with Crippen molar-refractivity contribution in [3.05, 3.63) is 46.2 Å². The van der Waals surface area contributed by atoms with Crippen LogP contribution in [-0.2, 0) is 6.54 Å². The average Bonchev–Trinajstić information content (AvgIpc) is 2.29. The van der Waals surface area contributed by atoms with Gasteiger partial charge in [0.2, 0.25) is 5.56 Å². The Morgan fingerprint density at radius 1 is 1.41 bits per heavy atom. The third kappa shape index (κ3) is 2.55. The summed E-state index contributed by atoms with van der Waals surface area (Å²) in [5, 5.41) is 1.07. The molecule has 0 saturated carbocycles. The van der Waals surface area contributed by atoms with E-state index in [0.29, 0.717) is 13.1 Å². The molecule has 1 aromatic heterocycles. The second-order valence-electron chi connectivity index (χ2n) is 4.08. The second-order valence-corrected chi connectivity index (χ2v) is 4.08. The van der Waals surface area contributed by atoms with Crippen molar-refractivity contribution >= 4 is 10.9 Å². The number of benzene rings is 1. The summed E-state index contributed by atoms with van der Waals surface area (Å²) in [6, 6.07) is 9.42. The van der Waals surface area contributed by atoms with Crippen molar-refractivity contribution in [1.82, 2.24) is 9.88 Å². The van der Waals surface area contributed by atoms with Crippen LogP contribution in [0.3, 0.4) is 0 Å². The smallest absolute Gasteiger partial charge is 0.248 e. The monoisotopic (exact) mass is 226 g/mol. The van der Waals surface area contributed by atoms with Gasteiger partial charge in [-0.2, -0.15) is 0 Å². The van der Waals surface area contributed by atoms with Crippen LogP contribution in [0.2, 0.25) is 0 Å². The van der Waals surface area contributed by atoms with E-state index in [9.17, 15) is 4.79 Å². The third-order valence-corrected chi connectivity index (χ3v) is 2.64. The number of pyridine rings is 1. The van der Waals surface area contributed by atoms with Crippen molar-refractivity contribution in [3.63, 3.8) is 0 Å². The highest BCUT2D eigenvalue weighted by molar-refractivity contribution is 5.81. The maximum absolute atomic E-state index is 11.5. The first-order valence-corrected chi connectivity index (χ1v) is 5.43. The molecule has 0 bridgehead atoms.